The average molecular weight is 842 g/mol. The molecule has 0 bridgehead atoms. The van der Waals surface area contributed by atoms with Gasteiger partial charge in [-0.25, -0.2) is 0 Å². The first-order valence-electron chi connectivity index (χ1n) is 21.3. The first kappa shape index (κ1) is 44.9. The molecule has 14 heteroatoms. The largest absolute Gasteiger partial charge is 0.384 e. The van der Waals surface area contributed by atoms with Crippen LogP contribution in [-0.4, -0.2) is 96.3 Å². The molecule has 1 unspecified atom stereocenters. The number of benzene rings is 4. The average Bonchev–Trinajstić information content (AvgIpc) is 3.79. The maximum absolute atomic E-state index is 14.2. The molecule has 62 heavy (non-hydrogen) atoms. The third kappa shape index (κ3) is 11.0. The smallest absolute Gasteiger partial charge is 0.246 e. The number of fused-ring (bicyclic) bond motifs is 2. The van der Waals surface area contributed by atoms with E-state index in [1.54, 1.807) is 42.5 Å². The number of nitrogens with one attached hydrogen (secondary N) is 5. The third-order valence-electron chi connectivity index (χ3n) is 11.5. The molecule has 14 nitrogen and oxygen atoms in total. The Labute approximate surface area is 361 Å². The number of nitrogens with zero attached hydrogens (tertiary/aromatic N) is 1. The van der Waals surface area contributed by atoms with Gasteiger partial charge < -0.3 is 37.2 Å². The number of likely N-dealkylation sites (tertiary alicyclic amines) is 1. The van der Waals surface area contributed by atoms with Crippen molar-refractivity contribution < 1.29 is 33.6 Å². The van der Waals surface area contributed by atoms with Gasteiger partial charge in [0.2, 0.25) is 29.5 Å². The summed E-state index contributed by atoms with van der Waals surface area (Å²) in [6.07, 6.45) is 2.56. The molecule has 6 rings (SSSR count). The van der Waals surface area contributed by atoms with E-state index in [-0.39, 0.29) is 36.4 Å². The highest BCUT2D eigenvalue weighted by molar-refractivity contribution is 6.30. The fraction of sp³-hybridized carbons (Fsp3) is 0.354. The van der Waals surface area contributed by atoms with Crippen molar-refractivity contribution in [1.29, 1.82) is 0 Å². The molecule has 4 aromatic rings. The molecule has 4 aromatic carbocycles. The molecule has 5 atom stereocenters. The summed E-state index contributed by atoms with van der Waals surface area (Å²) < 4.78 is 0. The second kappa shape index (κ2) is 21.2. The summed E-state index contributed by atoms with van der Waals surface area (Å²) in [6, 6.07) is 26.8. The summed E-state index contributed by atoms with van der Waals surface area (Å²) in [7, 11) is 0. The number of rotatable bonds is 19. The van der Waals surface area contributed by atoms with E-state index in [9.17, 15) is 33.6 Å². The van der Waals surface area contributed by atoms with Gasteiger partial charge in [-0.2, -0.15) is 0 Å². The number of amides is 5. The summed E-state index contributed by atoms with van der Waals surface area (Å²) in [4.78, 5) is 95.6. The van der Waals surface area contributed by atoms with Crippen LogP contribution in [0.15, 0.2) is 103 Å². The number of ketones is 2. The molecule has 324 valence electrons. The fourth-order valence-electron chi connectivity index (χ4n) is 7.93. The van der Waals surface area contributed by atoms with E-state index in [0.29, 0.717) is 73.1 Å². The van der Waals surface area contributed by atoms with Crippen molar-refractivity contribution in [2.45, 2.75) is 76.5 Å². The van der Waals surface area contributed by atoms with E-state index in [0.717, 1.165) is 11.1 Å². The minimum atomic E-state index is -1.03. The Hall–Kier alpha value is -6.67. The van der Waals surface area contributed by atoms with Crippen LogP contribution in [-0.2, 0) is 36.8 Å². The van der Waals surface area contributed by atoms with Gasteiger partial charge in [-0.05, 0) is 48.8 Å². The lowest BCUT2D eigenvalue weighted by molar-refractivity contribution is -0.141. The van der Waals surface area contributed by atoms with E-state index in [1.165, 1.54) is 4.90 Å². The molecule has 1 aliphatic carbocycles. The van der Waals surface area contributed by atoms with Gasteiger partial charge in [-0.15, -0.1) is 0 Å². The van der Waals surface area contributed by atoms with Crippen LogP contribution < -0.4 is 32.3 Å². The normalized spacial score (nSPS) is 16.2. The molecule has 0 aromatic heterocycles. The van der Waals surface area contributed by atoms with Gasteiger partial charge in [0.25, 0.3) is 0 Å². The van der Waals surface area contributed by atoms with Gasteiger partial charge in [-0.3, -0.25) is 33.6 Å². The highest BCUT2D eigenvalue weighted by Crippen LogP contribution is 2.32. The maximum atomic E-state index is 14.2. The molecule has 7 N–H and O–H groups in total. The quantitative estimate of drug-likeness (QED) is 0.0674. The van der Waals surface area contributed by atoms with Gasteiger partial charge in [0.1, 0.15) is 18.1 Å². The minimum Gasteiger partial charge on any atom is -0.384 e. The molecule has 0 saturated carbocycles. The standard InChI is InChI=1S/C48H55N7O7/c1-3-30(2)42(54-45(59)36(49)27-31-15-6-4-7-16-31)47(61)52-29-40(56)53-38(28-32-17-8-5-9-18-32)48(62)55-26-13-23-39(55)46(60)51-25-14-24-50-37-22-12-21-35-41(37)44(58)34-20-11-10-19-33(34)43(35)57/h4-12,15-22,30,36,38-39,42,50H,3,13-14,23-29,49H2,1-2H3,(H,51,60)(H,52,61)(H,53,56)(H,54,59)/t30?,36-,38-,39+,42-/m0/s1. The first-order valence-corrected chi connectivity index (χ1v) is 21.3. The summed E-state index contributed by atoms with van der Waals surface area (Å²) in [5.41, 5.74) is 9.85. The highest BCUT2D eigenvalue weighted by Gasteiger charge is 2.38. The van der Waals surface area contributed by atoms with Crippen LogP contribution in [0, 0.1) is 5.92 Å². The fourth-order valence-corrected chi connectivity index (χ4v) is 7.93. The van der Waals surface area contributed by atoms with Crippen LogP contribution in [0.1, 0.15) is 82.5 Å². The zero-order valence-corrected chi connectivity index (χ0v) is 35.2. The Morgan fingerprint density at radius 2 is 1.35 bits per heavy atom. The zero-order valence-electron chi connectivity index (χ0n) is 35.2. The molecular weight excluding hydrogens is 787 g/mol. The van der Waals surface area contributed by atoms with Gasteiger partial charge >= 0.3 is 0 Å². The summed E-state index contributed by atoms with van der Waals surface area (Å²) in [6.45, 7) is 4.29. The van der Waals surface area contributed by atoms with Crippen LogP contribution >= 0.6 is 0 Å². The predicted octanol–water partition coefficient (Wildman–Crippen LogP) is 3.32. The van der Waals surface area contributed by atoms with Crippen LogP contribution in [0.4, 0.5) is 5.69 Å². The van der Waals surface area contributed by atoms with E-state index in [2.05, 4.69) is 26.6 Å². The molecule has 0 radical (unpaired) electrons. The highest BCUT2D eigenvalue weighted by atomic mass is 16.2. The third-order valence-corrected chi connectivity index (χ3v) is 11.5. The molecular formula is C48H55N7O7. The lowest BCUT2D eigenvalue weighted by atomic mass is 9.83. The van der Waals surface area contributed by atoms with Gasteiger partial charge in [-0.1, -0.05) is 117 Å². The topological polar surface area (TPSA) is 209 Å². The maximum Gasteiger partial charge on any atom is 0.246 e. The lowest BCUT2D eigenvalue weighted by Gasteiger charge is -2.29. The summed E-state index contributed by atoms with van der Waals surface area (Å²) >= 11 is 0. The second-order valence-electron chi connectivity index (χ2n) is 15.9. The van der Waals surface area contributed by atoms with Crippen LogP contribution in [0.5, 0.6) is 0 Å². The van der Waals surface area contributed by atoms with E-state index in [1.807, 2.05) is 74.5 Å². The van der Waals surface area contributed by atoms with Crippen molar-refractivity contribution in [3.63, 3.8) is 0 Å². The van der Waals surface area contributed by atoms with Gasteiger partial charge in [0, 0.05) is 48.4 Å². The molecule has 2 aliphatic rings. The predicted molar refractivity (Wildman–Crippen MR) is 235 cm³/mol. The Balaban J connectivity index is 1.02. The molecule has 1 heterocycles. The number of carbonyl (C=O) groups is 7. The van der Waals surface area contributed by atoms with Crippen molar-refractivity contribution in [2.75, 3.05) is 31.5 Å². The Bertz CT molecular complexity index is 2270. The summed E-state index contributed by atoms with van der Waals surface area (Å²) in [5.74, 6) is -3.06. The van der Waals surface area contributed by atoms with E-state index >= 15 is 0 Å². The molecule has 1 saturated heterocycles. The summed E-state index contributed by atoms with van der Waals surface area (Å²) in [5, 5.41) is 14.4. The van der Waals surface area contributed by atoms with Crippen LogP contribution in [0.3, 0.4) is 0 Å². The van der Waals surface area contributed by atoms with Crippen molar-refractivity contribution in [1.82, 2.24) is 26.2 Å². The number of anilines is 1. The zero-order chi connectivity index (χ0) is 44.2. The molecule has 1 fully saturated rings. The SMILES string of the molecule is CCC(C)[C@H](NC(=O)[C@@H](N)Cc1ccccc1)C(=O)NCC(=O)N[C@@H](Cc1ccccc1)C(=O)N1CCC[C@@H]1C(=O)NCCCNc1cccc2c1C(=O)c1ccccc1C2=O. The molecule has 0 spiro atoms. The van der Waals surface area contributed by atoms with Crippen molar-refractivity contribution in [2.24, 2.45) is 11.7 Å². The van der Waals surface area contributed by atoms with Gasteiger partial charge in [0.05, 0.1) is 18.2 Å². The Morgan fingerprint density at radius 1 is 0.726 bits per heavy atom. The number of nitrogens with two attached hydrogens (primary N) is 1. The number of hydrogen-bond donors (Lipinski definition) is 6. The Morgan fingerprint density at radius 3 is 2.03 bits per heavy atom. The van der Waals surface area contributed by atoms with Crippen LogP contribution in [0.25, 0.3) is 0 Å². The van der Waals surface area contributed by atoms with E-state index < -0.39 is 54.3 Å². The first-order chi connectivity index (χ1) is 30.0. The number of carbonyl (C=O) groups excluding carboxylic acids is 7. The van der Waals surface area contributed by atoms with Crippen molar-refractivity contribution in [3.05, 3.63) is 137 Å². The van der Waals surface area contributed by atoms with E-state index in [4.69, 9.17) is 5.73 Å². The molecule has 1 aliphatic heterocycles. The monoisotopic (exact) mass is 841 g/mol. The second-order valence-corrected chi connectivity index (χ2v) is 15.9. The number of hydrogen-bond acceptors (Lipinski definition) is 9. The van der Waals surface area contributed by atoms with Crippen LogP contribution in [0.2, 0.25) is 0 Å². The minimum absolute atomic E-state index is 0.156. The lowest BCUT2D eigenvalue weighted by Crippen LogP contribution is -2.57. The van der Waals surface area contributed by atoms with Crippen molar-refractivity contribution in [3.8, 4) is 0 Å². The Kier molecular flexibility index (Phi) is 15.4. The van der Waals surface area contributed by atoms with Gasteiger partial charge in [0.15, 0.2) is 11.6 Å². The van der Waals surface area contributed by atoms with Crippen molar-refractivity contribution >= 4 is 46.8 Å². The molecule has 5 amide bonds.